The molecule has 3 nitrogen and oxygen atoms in total. The van der Waals surface area contributed by atoms with Gasteiger partial charge in [0.15, 0.2) is 0 Å². The molecule has 0 amide bonds. The van der Waals surface area contributed by atoms with Crippen LogP contribution in [0.15, 0.2) is 76.2 Å². The van der Waals surface area contributed by atoms with Gasteiger partial charge in [0.1, 0.15) is 5.58 Å². The molecule has 3 rings (SSSR count). The van der Waals surface area contributed by atoms with Crippen LogP contribution < -0.4 is 11.0 Å². The molecule has 0 saturated heterocycles. The number of para-hydroxylation sites is 2. The Labute approximate surface area is 104 Å². The molecule has 0 radical (unpaired) electrons. The third-order valence-corrected chi connectivity index (χ3v) is 2.61. The highest BCUT2D eigenvalue weighted by Crippen LogP contribution is 2.09. The maximum Gasteiger partial charge on any atom is 0.236 e. The van der Waals surface area contributed by atoms with Gasteiger partial charge in [-0.3, -0.25) is 5.43 Å². The van der Waals surface area contributed by atoms with Gasteiger partial charge in [0, 0.05) is 11.5 Å². The smallest absolute Gasteiger partial charge is 0.236 e. The third-order valence-electron chi connectivity index (χ3n) is 2.61. The van der Waals surface area contributed by atoms with E-state index in [1.165, 1.54) is 0 Å². The molecule has 0 unspecified atom stereocenters. The summed E-state index contributed by atoms with van der Waals surface area (Å²) in [4.78, 5) is 0. The van der Waals surface area contributed by atoms with Gasteiger partial charge in [0.05, 0.1) is 5.69 Å². The Morgan fingerprint density at radius 1 is 0.778 bits per heavy atom. The van der Waals surface area contributed by atoms with Gasteiger partial charge < -0.3 is 4.42 Å². The molecular formula is C15H12N2O. The van der Waals surface area contributed by atoms with Gasteiger partial charge in [-0.2, -0.15) is 0 Å². The van der Waals surface area contributed by atoms with Gasteiger partial charge in [0.25, 0.3) is 0 Å². The van der Waals surface area contributed by atoms with E-state index in [2.05, 4.69) is 10.5 Å². The molecular weight excluding hydrogens is 224 g/mol. The predicted octanol–water partition coefficient (Wildman–Crippen LogP) is 3.36. The molecule has 0 atom stereocenters. The lowest BCUT2D eigenvalue weighted by molar-refractivity contribution is 0.541. The summed E-state index contributed by atoms with van der Waals surface area (Å²) in [5.41, 5.74) is 5.27. The highest BCUT2D eigenvalue weighted by Gasteiger charge is 1.93. The number of nitrogens with one attached hydrogen (secondary N) is 1. The maximum absolute atomic E-state index is 5.65. The molecule has 3 heteroatoms. The molecule has 0 aliphatic heterocycles. The molecule has 0 bridgehead atoms. The van der Waals surface area contributed by atoms with Crippen molar-refractivity contribution in [3.63, 3.8) is 0 Å². The molecule has 1 aromatic heterocycles. The first-order chi connectivity index (χ1) is 8.92. The van der Waals surface area contributed by atoms with Crippen LogP contribution in [0.5, 0.6) is 0 Å². The van der Waals surface area contributed by atoms with Crippen LogP contribution in [0.4, 0.5) is 5.69 Å². The van der Waals surface area contributed by atoms with Crippen molar-refractivity contribution in [3.8, 4) is 0 Å². The Morgan fingerprint density at radius 3 is 2.44 bits per heavy atom. The molecule has 88 valence electrons. The Kier molecular flexibility index (Phi) is 2.80. The minimum Gasteiger partial charge on any atom is -0.437 e. The fourth-order valence-electron chi connectivity index (χ4n) is 1.71. The van der Waals surface area contributed by atoms with Crippen LogP contribution in [0.2, 0.25) is 0 Å². The zero-order chi connectivity index (χ0) is 12.2. The van der Waals surface area contributed by atoms with E-state index in [-0.39, 0.29) is 0 Å². The molecule has 3 aromatic rings. The maximum atomic E-state index is 5.65. The van der Waals surface area contributed by atoms with E-state index in [1.54, 1.807) is 0 Å². The van der Waals surface area contributed by atoms with Crippen molar-refractivity contribution in [1.82, 2.24) is 0 Å². The first-order valence-corrected chi connectivity index (χ1v) is 5.75. The Bertz CT molecular complexity index is 717. The van der Waals surface area contributed by atoms with Crippen molar-refractivity contribution < 1.29 is 4.42 Å². The Balaban J connectivity index is 1.94. The normalized spacial score (nSPS) is 11.7. The Hall–Kier alpha value is -2.55. The van der Waals surface area contributed by atoms with E-state index in [1.807, 2.05) is 66.7 Å². The summed E-state index contributed by atoms with van der Waals surface area (Å²) in [6, 6.07) is 21.5. The second-order valence-electron chi connectivity index (χ2n) is 3.90. The lowest BCUT2D eigenvalue weighted by atomic mass is 10.2. The van der Waals surface area contributed by atoms with Crippen molar-refractivity contribution in [2.75, 3.05) is 5.43 Å². The van der Waals surface area contributed by atoms with Crippen molar-refractivity contribution in [1.29, 1.82) is 0 Å². The summed E-state index contributed by atoms with van der Waals surface area (Å²) in [6.07, 6.45) is 0. The monoisotopic (exact) mass is 236 g/mol. The summed E-state index contributed by atoms with van der Waals surface area (Å²) in [5, 5.41) is 5.28. The first kappa shape index (κ1) is 10.6. The SMILES string of the molecule is c1ccc(N/N=c2/ccc3ccccc3o2)cc1. The summed E-state index contributed by atoms with van der Waals surface area (Å²) < 4.78 is 5.65. The topological polar surface area (TPSA) is 37.5 Å². The second kappa shape index (κ2) is 4.75. The van der Waals surface area contributed by atoms with Crippen molar-refractivity contribution in [2.45, 2.75) is 0 Å². The number of rotatable bonds is 2. The second-order valence-corrected chi connectivity index (χ2v) is 3.90. The minimum atomic E-state index is 0.553. The summed E-state index contributed by atoms with van der Waals surface area (Å²) in [7, 11) is 0. The molecule has 18 heavy (non-hydrogen) atoms. The van der Waals surface area contributed by atoms with Crippen molar-refractivity contribution in [2.24, 2.45) is 5.10 Å². The molecule has 0 aliphatic carbocycles. The first-order valence-electron chi connectivity index (χ1n) is 5.75. The lowest BCUT2D eigenvalue weighted by Crippen LogP contribution is -2.03. The zero-order valence-corrected chi connectivity index (χ0v) is 9.71. The van der Waals surface area contributed by atoms with E-state index in [9.17, 15) is 0 Å². The number of nitrogens with zero attached hydrogens (tertiary/aromatic N) is 1. The average Bonchev–Trinajstić information content (AvgIpc) is 2.46. The number of fused-ring (bicyclic) bond motifs is 1. The van der Waals surface area contributed by atoms with Gasteiger partial charge in [-0.1, -0.05) is 36.4 Å². The molecule has 0 fully saturated rings. The van der Waals surface area contributed by atoms with Gasteiger partial charge in [-0.15, -0.1) is 5.10 Å². The van der Waals surface area contributed by atoms with E-state index in [0.717, 1.165) is 16.7 Å². The molecule has 1 heterocycles. The van der Waals surface area contributed by atoms with E-state index in [4.69, 9.17) is 4.42 Å². The molecule has 2 aromatic carbocycles. The highest BCUT2D eigenvalue weighted by molar-refractivity contribution is 5.75. The van der Waals surface area contributed by atoms with E-state index >= 15 is 0 Å². The highest BCUT2D eigenvalue weighted by atomic mass is 16.3. The van der Waals surface area contributed by atoms with Crippen LogP contribution in [0.1, 0.15) is 0 Å². The van der Waals surface area contributed by atoms with E-state index in [0.29, 0.717) is 5.55 Å². The quantitative estimate of drug-likeness (QED) is 0.693. The predicted molar refractivity (Wildman–Crippen MR) is 71.8 cm³/mol. The largest absolute Gasteiger partial charge is 0.437 e. The summed E-state index contributed by atoms with van der Waals surface area (Å²) in [6.45, 7) is 0. The van der Waals surface area contributed by atoms with Gasteiger partial charge >= 0.3 is 0 Å². The lowest BCUT2D eigenvalue weighted by Gasteiger charge is -1.99. The number of hydrogen-bond donors (Lipinski definition) is 1. The standard InChI is InChI=1S/C15H12N2O/c1-2-7-13(8-3-1)16-17-15-11-10-12-6-4-5-9-14(12)18-15/h1-11,16H/b17-15-. The molecule has 1 N–H and O–H groups in total. The van der Waals surface area contributed by atoms with Crippen LogP contribution in [0.3, 0.4) is 0 Å². The van der Waals surface area contributed by atoms with Gasteiger partial charge in [0.2, 0.25) is 5.55 Å². The molecule has 0 spiro atoms. The molecule has 0 saturated carbocycles. The van der Waals surface area contributed by atoms with Crippen LogP contribution >= 0.6 is 0 Å². The minimum absolute atomic E-state index is 0.553. The fourth-order valence-corrected chi connectivity index (χ4v) is 1.71. The molecule has 0 aliphatic rings. The van der Waals surface area contributed by atoms with Gasteiger partial charge in [-0.05, 0) is 24.3 Å². The average molecular weight is 236 g/mol. The third kappa shape index (κ3) is 2.25. The van der Waals surface area contributed by atoms with Crippen molar-refractivity contribution >= 4 is 16.7 Å². The number of hydrogen-bond acceptors (Lipinski definition) is 3. The summed E-state index contributed by atoms with van der Waals surface area (Å²) in [5.74, 6) is 0. The number of benzene rings is 2. The number of anilines is 1. The van der Waals surface area contributed by atoms with Crippen LogP contribution in [-0.4, -0.2) is 0 Å². The van der Waals surface area contributed by atoms with Crippen LogP contribution in [-0.2, 0) is 0 Å². The van der Waals surface area contributed by atoms with Crippen LogP contribution in [0, 0.1) is 0 Å². The Morgan fingerprint density at radius 2 is 1.56 bits per heavy atom. The van der Waals surface area contributed by atoms with Crippen molar-refractivity contribution in [3.05, 3.63) is 72.3 Å². The summed E-state index contributed by atoms with van der Waals surface area (Å²) >= 11 is 0. The fraction of sp³-hybridized carbons (Fsp3) is 0. The van der Waals surface area contributed by atoms with E-state index < -0.39 is 0 Å². The van der Waals surface area contributed by atoms with Gasteiger partial charge in [-0.25, -0.2) is 0 Å². The van der Waals surface area contributed by atoms with Crippen LogP contribution in [0.25, 0.3) is 11.0 Å². The zero-order valence-electron chi connectivity index (χ0n) is 9.71.